The van der Waals surface area contributed by atoms with Crippen molar-refractivity contribution in [1.29, 1.82) is 0 Å². The predicted octanol–water partition coefficient (Wildman–Crippen LogP) is -4.26. The number of unbranched alkanes of at least 4 members (excludes halogenated alkanes) is 9. The fourth-order valence-corrected chi connectivity index (χ4v) is 3.92. The first-order valence-corrected chi connectivity index (χ1v) is 10.9. The minimum absolute atomic E-state index is 0. The number of hydroxylamine groups is 3. The van der Waals surface area contributed by atoms with Gasteiger partial charge in [-0.3, -0.25) is 0 Å². The van der Waals surface area contributed by atoms with Crippen LogP contribution in [0.1, 0.15) is 90.9 Å². The van der Waals surface area contributed by atoms with Crippen LogP contribution >= 0.6 is 0 Å². The van der Waals surface area contributed by atoms with Crippen LogP contribution in [0.5, 0.6) is 0 Å². The largest absolute Gasteiger partial charge is 1.00 e. The molecule has 0 amide bonds. The van der Waals surface area contributed by atoms with E-state index in [0.717, 1.165) is 19.3 Å². The van der Waals surface area contributed by atoms with Gasteiger partial charge in [0.2, 0.25) is 5.84 Å². The monoisotopic (exact) mass is 443 g/mol. The molecule has 2 atom stereocenters. The van der Waals surface area contributed by atoms with Crippen LogP contribution < -0.4 is 69.3 Å². The van der Waals surface area contributed by atoms with Crippen molar-refractivity contribution in [3.8, 4) is 0 Å². The van der Waals surface area contributed by atoms with E-state index in [9.17, 15) is 19.8 Å². The molecule has 0 aromatic carbocycles. The van der Waals surface area contributed by atoms with E-state index in [0.29, 0.717) is 18.8 Å². The van der Waals surface area contributed by atoms with Crippen LogP contribution in [0.25, 0.3) is 0 Å². The molecule has 0 bridgehead atoms. The van der Waals surface area contributed by atoms with Gasteiger partial charge in [-0.2, -0.15) is 4.84 Å². The number of hydrogen-bond donors (Lipinski definition) is 0. The molecule has 0 saturated carbocycles. The van der Waals surface area contributed by atoms with Crippen LogP contribution in [0.2, 0.25) is 0 Å². The molecule has 7 nitrogen and oxygen atoms in total. The van der Waals surface area contributed by atoms with Gasteiger partial charge in [0.15, 0.2) is 6.54 Å². The molecule has 2 unspecified atom stereocenters. The van der Waals surface area contributed by atoms with Gasteiger partial charge >= 0.3 is 59.1 Å². The van der Waals surface area contributed by atoms with Crippen LogP contribution in [-0.2, 0) is 14.4 Å². The van der Waals surface area contributed by atoms with Gasteiger partial charge in [0.05, 0.1) is 11.9 Å². The van der Waals surface area contributed by atoms with E-state index in [-0.39, 0.29) is 69.8 Å². The number of aliphatic imine (C=N–C) groups is 1. The zero-order valence-electron chi connectivity index (χ0n) is 19.6. The number of carbonyl (C=O) groups excluding carboxylic acids is 2. The Morgan fingerprint density at radius 1 is 0.933 bits per heavy atom. The average Bonchev–Trinajstić information content (AvgIpc) is 2.98. The van der Waals surface area contributed by atoms with Crippen molar-refractivity contribution in [2.75, 3.05) is 19.7 Å². The fraction of sp³-hybridized carbons (Fsp3) is 0.857. The van der Waals surface area contributed by atoms with Gasteiger partial charge in [-0.1, -0.05) is 78.1 Å². The molecule has 0 saturated heterocycles. The predicted molar refractivity (Wildman–Crippen MR) is 104 cm³/mol. The molecule has 1 aliphatic rings. The maximum atomic E-state index is 11.2. The third-order valence-corrected chi connectivity index (χ3v) is 5.33. The van der Waals surface area contributed by atoms with Crippen LogP contribution in [0.15, 0.2) is 4.99 Å². The minimum atomic E-state index is -1.37. The number of carboxylic acid groups (broad SMARTS) is 2. The first-order valence-electron chi connectivity index (χ1n) is 10.9. The standard InChI is InChI=1S/C21H38N2O5.2Na/c1-3-5-6-7-8-9-10-11-12-13-14-18-15-23(16-20(24)25,19(4-2)22-18)28-17-21(26)27;;/h18H,3-17H2,1-2H3,(H-,24,25,26,27);;/q;2*+1/p-1. The van der Waals surface area contributed by atoms with Crippen molar-refractivity contribution in [2.45, 2.75) is 96.9 Å². The smallest absolute Gasteiger partial charge is 0.547 e. The Balaban J connectivity index is 0. The maximum Gasteiger partial charge on any atom is 1.00 e. The minimum Gasteiger partial charge on any atom is -0.547 e. The molecule has 0 radical (unpaired) electrons. The van der Waals surface area contributed by atoms with Crippen molar-refractivity contribution < 1.29 is 88.4 Å². The van der Waals surface area contributed by atoms with Gasteiger partial charge < -0.3 is 19.8 Å². The van der Waals surface area contributed by atoms with Crippen LogP contribution in [0.4, 0.5) is 0 Å². The van der Waals surface area contributed by atoms with Crippen LogP contribution in [0, 0.1) is 0 Å². The fourth-order valence-electron chi connectivity index (χ4n) is 3.92. The molecule has 0 aliphatic carbocycles. The van der Waals surface area contributed by atoms with Gasteiger partial charge in [0.1, 0.15) is 19.2 Å². The summed E-state index contributed by atoms with van der Waals surface area (Å²) in [4.78, 5) is 32.0. The second-order valence-corrected chi connectivity index (χ2v) is 7.77. The quantitative estimate of drug-likeness (QED) is 0.129. The third-order valence-electron chi connectivity index (χ3n) is 5.33. The number of quaternary nitrogens is 1. The third kappa shape index (κ3) is 13.2. The second kappa shape index (κ2) is 19.0. The Kier molecular flexibility index (Phi) is 20.8. The van der Waals surface area contributed by atoms with Crippen LogP contribution in [-0.4, -0.2) is 48.2 Å². The normalized spacial score (nSPS) is 20.2. The summed E-state index contributed by atoms with van der Waals surface area (Å²) in [6.07, 6.45) is 14.0. The SMILES string of the molecule is CCCCCCCCCCCCC1C[N+](CC(=O)[O-])(OCC(=O)[O-])C(CC)=N1.[Na+].[Na+]. The van der Waals surface area contributed by atoms with Crippen molar-refractivity contribution >= 4 is 17.8 Å². The number of rotatable bonds is 17. The Labute approximate surface area is 226 Å². The van der Waals surface area contributed by atoms with Gasteiger partial charge in [-0.25, -0.2) is 4.99 Å². The molecule has 9 heteroatoms. The molecular formula is C21H37N2Na2O5+. The number of aliphatic carboxylic acids is 2. The molecule has 0 fully saturated rings. The number of amidine groups is 1. The van der Waals surface area contributed by atoms with E-state index in [1.165, 1.54) is 51.4 Å². The summed E-state index contributed by atoms with van der Waals surface area (Å²) < 4.78 is -0.380. The maximum absolute atomic E-state index is 11.2. The molecule has 1 aliphatic heterocycles. The van der Waals surface area contributed by atoms with Gasteiger partial charge in [0.25, 0.3) is 0 Å². The van der Waals surface area contributed by atoms with Gasteiger partial charge in [0, 0.05) is 6.42 Å². The Morgan fingerprint density at radius 3 is 1.93 bits per heavy atom. The summed E-state index contributed by atoms with van der Waals surface area (Å²) in [5.74, 6) is -2.08. The number of nitrogens with zero attached hydrogens (tertiary/aromatic N) is 2. The zero-order valence-corrected chi connectivity index (χ0v) is 23.6. The first-order chi connectivity index (χ1) is 13.4. The summed E-state index contributed by atoms with van der Waals surface area (Å²) >= 11 is 0. The number of hydrogen-bond acceptors (Lipinski definition) is 6. The van der Waals surface area contributed by atoms with E-state index < -0.39 is 25.1 Å². The molecule has 1 heterocycles. The summed E-state index contributed by atoms with van der Waals surface area (Å²) in [7, 11) is 0. The number of carbonyl (C=O) groups is 2. The Bertz CT molecular complexity index is 520. The molecule has 0 aromatic heterocycles. The second-order valence-electron chi connectivity index (χ2n) is 7.77. The summed E-state index contributed by atoms with van der Waals surface area (Å²) in [5.41, 5.74) is 0. The summed E-state index contributed by atoms with van der Waals surface area (Å²) in [6, 6.07) is -0.0369. The molecule has 30 heavy (non-hydrogen) atoms. The number of carboxylic acids is 2. The first kappa shape index (κ1) is 32.7. The van der Waals surface area contributed by atoms with E-state index in [4.69, 9.17) is 4.84 Å². The molecule has 0 N–H and O–H groups in total. The van der Waals surface area contributed by atoms with E-state index in [1.54, 1.807) is 0 Å². The van der Waals surface area contributed by atoms with Crippen LogP contribution in [0.3, 0.4) is 0 Å². The Morgan fingerprint density at radius 2 is 1.47 bits per heavy atom. The van der Waals surface area contributed by atoms with Crippen molar-refractivity contribution in [2.24, 2.45) is 4.99 Å². The van der Waals surface area contributed by atoms with Crippen molar-refractivity contribution in [3.05, 3.63) is 0 Å². The van der Waals surface area contributed by atoms with E-state index in [2.05, 4.69) is 11.9 Å². The molecule has 0 spiro atoms. The topological polar surface area (TPSA) is 102 Å². The Hall–Kier alpha value is 0.530. The molecule has 162 valence electrons. The van der Waals surface area contributed by atoms with Gasteiger partial charge in [-0.15, -0.1) is 4.65 Å². The van der Waals surface area contributed by atoms with Gasteiger partial charge in [-0.05, 0) is 6.42 Å². The van der Waals surface area contributed by atoms with Crippen molar-refractivity contribution in [1.82, 2.24) is 0 Å². The van der Waals surface area contributed by atoms with E-state index in [1.807, 2.05) is 6.92 Å². The molecule has 0 aromatic rings. The average molecular weight is 444 g/mol. The summed E-state index contributed by atoms with van der Waals surface area (Å²) in [6.45, 7) is 3.37. The summed E-state index contributed by atoms with van der Waals surface area (Å²) in [5, 5.41) is 22.0. The molecule has 1 rings (SSSR count). The zero-order chi connectivity index (χ0) is 20.8. The van der Waals surface area contributed by atoms with Crippen molar-refractivity contribution in [3.63, 3.8) is 0 Å². The molecular weight excluding hydrogens is 406 g/mol. The van der Waals surface area contributed by atoms with E-state index >= 15 is 0 Å².